The lowest BCUT2D eigenvalue weighted by atomic mass is 10.3. The van der Waals surface area contributed by atoms with Gasteiger partial charge in [0.15, 0.2) is 0 Å². The lowest BCUT2D eigenvalue weighted by molar-refractivity contribution is 0.402. The molecule has 5 nitrogen and oxygen atoms in total. The predicted molar refractivity (Wildman–Crippen MR) is 88.7 cm³/mol. The largest absolute Gasteiger partial charge is 0.446 e. The fourth-order valence-electron chi connectivity index (χ4n) is 1.59. The van der Waals surface area contributed by atoms with Crippen LogP contribution < -0.4 is 5.32 Å². The van der Waals surface area contributed by atoms with Gasteiger partial charge in [-0.1, -0.05) is 15.9 Å². The van der Waals surface area contributed by atoms with Gasteiger partial charge in [0.25, 0.3) is 10.0 Å². The van der Waals surface area contributed by atoms with Crippen LogP contribution >= 0.6 is 31.9 Å². The van der Waals surface area contributed by atoms with Crippen LogP contribution in [0.2, 0.25) is 0 Å². The van der Waals surface area contributed by atoms with Gasteiger partial charge in [-0.3, -0.25) is 0 Å². The van der Waals surface area contributed by atoms with Gasteiger partial charge < -0.3 is 9.73 Å². The second kappa shape index (κ2) is 6.51. The Morgan fingerprint density at radius 3 is 2.57 bits per heavy atom. The van der Waals surface area contributed by atoms with Crippen LogP contribution in [-0.4, -0.2) is 26.8 Å². The van der Waals surface area contributed by atoms with Crippen LogP contribution in [0, 0.1) is 0 Å². The molecule has 1 aromatic heterocycles. The summed E-state index contributed by atoms with van der Waals surface area (Å²) >= 11 is 6.84. The number of hydrogen-bond donors (Lipinski definition) is 1. The number of halogens is 2. The minimum Gasteiger partial charge on any atom is -0.446 e. The predicted octanol–water partition coefficient (Wildman–Crippen LogP) is 3.67. The van der Waals surface area contributed by atoms with Gasteiger partial charge in [-0.2, -0.15) is 0 Å². The Balaban J connectivity index is 2.12. The SMILES string of the molecule is CN(C)S(=O)(=O)c1ccc(CNc2cc(Br)ccc2Br)o1. The average Bonchev–Trinajstić information content (AvgIpc) is 2.89. The summed E-state index contributed by atoms with van der Waals surface area (Å²) in [6.07, 6.45) is 0. The van der Waals surface area contributed by atoms with Crippen LogP contribution in [0.3, 0.4) is 0 Å². The molecule has 2 aromatic rings. The van der Waals surface area contributed by atoms with E-state index in [0.29, 0.717) is 12.3 Å². The first-order valence-electron chi connectivity index (χ1n) is 6.01. The third-order valence-electron chi connectivity index (χ3n) is 2.75. The van der Waals surface area contributed by atoms with Crippen LogP contribution in [0.1, 0.15) is 5.76 Å². The highest BCUT2D eigenvalue weighted by Gasteiger charge is 2.21. The number of anilines is 1. The first kappa shape index (κ1) is 16.5. The molecule has 0 saturated carbocycles. The number of nitrogens with one attached hydrogen (secondary N) is 1. The molecule has 0 spiro atoms. The van der Waals surface area contributed by atoms with Gasteiger partial charge in [-0.05, 0) is 46.3 Å². The smallest absolute Gasteiger partial charge is 0.275 e. The Labute approximate surface area is 140 Å². The van der Waals surface area contributed by atoms with Gasteiger partial charge in [-0.15, -0.1) is 0 Å². The van der Waals surface area contributed by atoms with Crippen molar-refractivity contribution in [1.29, 1.82) is 0 Å². The van der Waals surface area contributed by atoms with Crippen molar-refractivity contribution in [2.75, 3.05) is 19.4 Å². The molecule has 0 saturated heterocycles. The quantitative estimate of drug-likeness (QED) is 0.775. The summed E-state index contributed by atoms with van der Waals surface area (Å²) in [4.78, 5) is 0. The van der Waals surface area contributed by atoms with E-state index in [1.165, 1.54) is 20.2 Å². The monoisotopic (exact) mass is 436 g/mol. The number of sulfonamides is 1. The molecule has 0 aliphatic carbocycles. The molecule has 0 aliphatic heterocycles. The maximum absolute atomic E-state index is 11.9. The van der Waals surface area contributed by atoms with Crippen molar-refractivity contribution in [3.8, 4) is 0 Å². The number of nitrogens with zero attached hydrogens (tertiary/aromatic N) is 1. The number of benzene rings is 1. The first-order chi connectivity index (χ1) is 9.80. The van der Waals surface area contributed by atoms with Gasteiger partial charge in [0.1, 0.15) is 5.76 Å². The minimum atomic E-state index is -3.53. The van der Waals surface area contributed by atoms with E-state index in [9.17, 15) is 8.42 Å². The van der Waals surface area contributed by atoms with E-state index in [-0.39, 0.29) is 5.09 Å². The highest BCUT2D eigenvalue weighted by molar-refractivity contribution is 9.11. The van der Waals surface area contributed by atoms with E-state index in [2.05, 4.69) is 37.2 Å². The zero-order chi connectivity index (χ0) is 15.6. The maximum Gasteiger partial charge on any atom is 0.275 e. The Kier molecular flexibility index (Phi) is 5.13. The summed E-state index contributed by atoms with van der Waals surface area (Å²) in [6, 6.07) is 8.86. The van der Waals surface area contributed by atoms with E-state index in [0.717, 1.165) is 18.9 Å². The fourth-order valence-corrected chi connectivity index (χ4v) is 3.15. The molecule has 0 unspecified atom stereocenters. The number of hydrogen-bond acceptors (Lipinski definition) is 4. The molecule has 0 radical (unpaired) electrons. The first-order valence-corrected chi connectivity index (χ1v) is 9.03. The summed E-state index contributed by atoms with van der Waals surface area (Å²) in [7, 11) is -0.598. The minimum absolute atomic E-state index is 0.0578. The number of furan rings is 1. The van der Waals surface area contributed by atoms with Crippen LogP contribution in [0.5, 0.6) is 0 Å². The third kappa shape index (κ3) is 3.88. The van der Waals surface area contributed by atoms with E-state index in [1.807, 2.05) is 18.2 Å². The van der Waals surface area contributed by atoms with Crippen molar-refractivity contribution in [3.63, 3.8) is 0 Å². The molecular weight excluding hydrogens is 424 g/mol. The topological polar surface area (TPSA) is 62.6 Å². The van der Waals surface area contributed by atoms with Gasteiger partial charge in [0.2, 0.25) is 5.09 Å². The Morgan fingerprint density at radius 2 is 1.90 bits per heavy atom. The zero-order valence-electron chi connectivity index (χ0n) is 11.4. The molecule has 0 aliphatic rings. The molecule has 0 fully saturated rings. The van der Waals surface area contributed by atoms with Crippen molar-refractivity contribution < 1.29 is 12.8 Å². The van der Waals surface area contributed by atoms with E-state index >= 15 is 0 Å². The molecule has 1 N–H and O–H groups in total. The zero-order valence-corrected chi connectivity index (χ0v) is 15.4. The highest BCUT2D eigenvalue weighted by Crippen LogP contribution is 2.27. The molecule has 114 valence electrons. The van der Waals surface area contributed by atoms with Crippen molar-refractivity contribution in [3.05, 3.63) is 45.0 Å². The van der Waals surface area contributed by atoms with Crippen molar-refractivity contribution in [1.82, 2.24) is 4.31 Å². The van der Waals surface area contributed by atoms with Crippen molar-refractivity contribution >= 4 is 47.6 Å². The molecule has 0 atom stereocenters. The summed E-state index contributed by atoms with van der Waals surface area (Å²) in [5, 5.41) is 3.13. The second-order valence-corrected chi connectivity index (χ2v) is 8.34. The molecule has 0 amide bonds. The molecular formula is C13H14Br2N2O3S. The summed E-state index contributed by atoms with van der Waals surface area (Å²) in [5.41, 5.74) is 0.887. The van der Waals surface area contributed by atoms with Crippen LogP contribution in [0.4, 0.5) is 5.69 Å². The average molecular weight is 438 g/mol. The van der Waals surface area contributed by atoms with E-state index in [1.54, 1.807) is 6.07 Å². The Morgan fingerprint density at radius 1 is 1.19 bits per heavy atom. The molecule has 0 bridgehead atoms. The Bertz CT molecular complexity index is 742. The lowest BCUT2D eigenvalue weighted by Gasteiger charge is -2.09. The second-order valence-electron chi connectivity index (χ2n) is 4.49. The normalized spacial score (nSPS) is 11.9. The molecule has 21 heavy (non-hydrogen) atoms. The number of rotatable bonds is 5. The summed E-state index contributed by atoms with van der Waals surface area (Å²) < 4.78 is 32.2. The fraction of sp³-hybridized carbons (Fsp3) is 0.231. The van der Waals surface area contributed by atoms with Crippen LogP contribution in [-0.2, 0) is 16.6 Å². The van der Waals surface area contributed by atoms with E-state index < -0.39 is 10.0 Å². The van der Waals surface area contributed by atoms with Gasteiger partial charge in [0, 0.05) is 28.7 Å². The Hall–Kier alpha value is -0.830. The maximum atomic E-state index is 11.9. The van der Waals surface area contributed by atoms with E-state index in [4.69, 9.17) is 4.42 Å². The van der Waals surface area contributed by atoms with Gasteiger partial charge in [-0.25, -0.2) is 12.7 Å². The lowest BCUT2D eigenvalue weighted by Crippen LogP contribution is -2.21. The summed E-state index contributed by atoms with van der Waals surface area (Å²) in [5.74, 6) is 0.544. The highest BCUT2D eigenvalue weighted by atomic mass is 79.9. The molecule has 2 rings (SSSR count). The molecule has 1 aromatic carbocycles. The van der Waals surface area contributed by atoms with Crippen molar-refractivity contribution in [2.24, 2.45) is 0 Å². The van der Waals surface area contributed by atoms with Crippen LogP contribution in [0.25, 0.3) is 0 Å². The summed E-state index contributed by atoms with van der Waals surface area (Å²) in [6.45, 7) is 0.387. The standard InChI is InChI=1S/C13H14Br2N2O3S/c1-17(2)21(18,19)13-6-4-10(20-13)8-16-12-7-9(14)3-5-11(12)15/h3-7,16H,8H2,1-2H3. The third-order valence-corrected chi connectivity index (χ3v) is 5.63. The van der Waals surface area contributed by atoms with Crippen molar-refractivity contribution in [2.45, 2.75) is 11.6 Å². The van der Waals surface area contributed by atoms with Gasteiger partial charge in [0.05, 0.1) is 6.54 Å². The molecule has 8 heteroatoms. The van der Waals surface area contributed by atoms with Gasteiger partial charge >= 0.3 is 0 Å². The van der Waals surface area contributed by atoms with Crippen LogP contribution in [0.15, 0.2) is 48.8 Å². The molecule has 1 heterocycles.